The SMILES string of the molecule is Fc1ccc(-c2cc(N3CCN(c4ncccc4F)CC3)cc(N3CCOCC3)n2)cc1Cl. The van der Waals surface area contributed by atoms with E-state index in [0.717, 1.165) is 35.9 Å². The molecular weight excluding hydrogens is 448 g/mol. The first-order valence-corrected chi connectivity index (χ1v) is 11.4. The summed E-state index contributed by atoms with van der Waals surface area (Å²) in [6.07, 6.45) is 1.61. The van der Waals surface area contributed by atoms with Gasteiger partial charge in [0.15, 0.2) is 11.6 Å². The van der Waals surface area contributed by atoms with Crippen LogP contribution in [0.15, 0.2) is 48.7 Å². The molecule has 1 aromatic carbocycles. The Hall–Kier alpha value is -2.97. The predicted molar refractivity (Wildman–Crippen MR) is 126 cm³/mol. The molecule has 2 aromatic heterocycles. The van der Waals surface area contributed by atoms with Crippen molar-refractivity contribution in [1.29, 1.82) is 0 Å². The van der Waals surface area contributed by atoms with Gasteiger partial charge in [-0.2, -0.15) is 0 Å². The van der Waals surface area contributed by atoms with E-state index in [1.54, 1.807) is 24.4 Å². The molecule has 0 saturated carbocycles. The highest BCUT2D eigenvalue weighted by Crippen LogP contribution is 2.31. The highest BCUT2D eigenvalue weighted by molar-refractivity contribution is 6.31. The molecule has 5 rings (SSSR count). The first-order valence-electron chi connectivity index (χ1n) is 11.0. The van der Waals surface area contributed by atoms with Gasteiger partial charge in [-0.1, -0.05) is 11.6 Å². The van der Waals surface area contributed by atoms with E-state index in [-0.39, 0.29) is 10.8 Å². The highest BCUT2D eigenvalue weighted by Gasteiger charge is 2.23. The zero-order valence-corrected chi connectivity index (χ0v) is 18.8. The van der Waals surface area contributed by atoms with Crippen LogP contribution < -0.4 is 14.7 Å². The average molecular weight is 472 g/mol. The van der Waals surface area contributed by atoms with Crippen molar-refractivity contribution in [3.05, 3.63) is 65.3 Å². The molecule has 0 N–H and O–H groups in total. The van der Waals surface area contributed by atoms with Crippen molar-refractivity contribution in [3.8, 4) is 11.3 Å². The summed E-state index contributed by atoms with van der Waals surface area (Å²) >= 11 is 6.05. The Morgan fingerprint density at radius 3 is 2.30 bits per heavy atom. The molecule has 0 unspecified atom stereocenters. The number of piperazine rings is 1. The fourth-order valence-corrected chi connectivity index (χ4v) is 4.41. The summed E-state index contributed by atoms with van der Waals surface area (Å²) in [7, 11) is 0. The number of halogens is 3. The monoisotopic (exact) mass is 471 g/mol. The van der Waals surface area contributed by atoms with E-state index in [2.05, 4.69) is 20.9 Å². The van der Waals surface area contributed by atoms with E-state index in [1.807, 2.05) is 11.0 Å². The number of nitrogens with zero attached hydrogens (tertiary/aromatic N) is 5. The Bertz CT molecular complexity index is 1130. The molecule has 172 valence electrons. The predicted octanol–water partition coefficient (Wildman–Crippen LogP) is 4.24. The Morgan fingerprint density at radius 2 is 1.58 bits per heavy atom. The molecule has 2 saturated heterocycles. The highest BCUT2D eigenvalue weighted by atomic mass is 35.5. The van der Waals surface area contributed by atoms with Crippen LogP contribution in [-0.2, 0) is 4.74 Å². The molecule has 2 aliphatic rings. The van der Waals surface area contributed by atoms with Crippen LogP contribution in [0.3, 0.4) is 0 Å². The molecule has 33 heavy (non-hydrogen) atoms. The van der Waals surface area contributed by atoms with Gasteiger partial charge in [-0.3, -0.25) is 0 Å². The molecule has 0 radical (unpaired) electrons. The number of rotatable bonds is 4. The lowest BCUT2D eigenvalue weighted by atomic mass is 10.1. The summed E-state index contributed by atoms with van der Waals surface area (Å²) in [4.78, 5) is 15.5. The zero-order valence-electron chi connectivity index (χ0n) is 18.1. The lowest BCUT2D eigenvalue weighted by Gasteiger charge is -2.37. The van der Waals surface area contributed by atoms with E-state index in [0.29, 0.717) is 45.2 Å². The van der Waals surface area contributed by atoms with Crippen molar-refractivity contribution in [2.45, 2.75) is 0 Å². The van der Waals surface area contributed by atoms with Gasteiger partial charge in [0.05, 0.1) is 23.9 Å². The number of aromatic nitrogens is 2. The molecule has 0 spiro atoms. The van der Waals surface area contributed by atoms with Crippen LogP contribution >= 0.6 is 11.6 Å². The maximum atomic E-state index is 14.2. The molecule has 6 nitrogen and oxygen atoms in total. The Labute approximate surface area is 196 Å². The third-order valence-corrected chi connectivity index (χ3v) is 6.32. The number of hydrogen-bond donors (Lipinski definition) is 0. The van der Waals surface area contributed by atoms with E-state index >= 15 is 0 Å². The first kappa shape index (κ1) is 21.9. The summed E-state index contributed by atoms with van der Waals surface area (Å²) < 4.78 is 33.4. The van der Waals surface area contributed by atoms with Crippen molar-refractivity contribution in [2.24, 2.45) is 0 Å². The molecule has 0 atom stereocenters. The zero-order chi connectivity index (χ0) is 22.8. The number of benzene rings is 1. The number of anilines is 3. The second-order valence-electron chi connectivity index (χ2n) is 8.08. The van der Waals surface area contributed by atoms with Gasteiger partial charge in [0.25, 0.3) is 0 Å². The summed E-state index contributed by atoms with van der Waals surface area (Å²) in [6.45, 7) is 5.55. The van der Waals surface area contributed by atoms with E-state index in [9.17, 15) is 8.78 Å². The summed E-state index contributed by atoms with van der Waals surface area (Å²) in [5, 5.41) is 0.0682. The lowest BCUT2D eigenvalue weighted by Crippen LogP contribution is -2.47. The second kappa shape index (κ2) is 9.49. The maximum Gasteiger partial charge on any atom is 0.165 e. The number of morpholine rings is 1. The minimum absolute atomic E-state index is 0.0682. The van der Waals surface area contributed by atoms with E-state index in [4.69, 9.17) is 21.3 Å². The van der Waals surface area contributed by atoms with Gasteiger partial charge in [-0.15, -0.1) is 0 Å². The third kappa shape index (κ3) is 4.72. The Kier molecular flexibility index (Phi) is 6.28. The van der Waals surface area contributed by atoms with Crippen molar-refractivity contribution < 1.29 is 13.5 Å². The van der Waals surface area contributed by atoms with Crippen molar-refractivity contribution in [1.82, 2.24) is 9.97 Å². The van der Waals surface area contributed by atoms with Crippen LogP contribution in [0.5, 0.6) is 0 Å². The standard InChI is InChI=1S/C24H24ClF2N5O/c25-19-14-17(3-4-20(19)26)22-15-18(16-23(29-22)31-10-12-33-13-11-31)30-6-8-32(9-7-30)24-21(27)2-1-5-28-24/h1-5,14-16H,6-13H2. The van der Waals surface area contributed by atoms with Gasteiger partial charge >= 0.3 is 0 Å². The molecule has 0 aliphatic carbocycles. The molecule has 2 aliphatic heterocycles. The van der Waals surface area contributed by atoms with Gasteiger partial charge < -0.3 is 19.4 Å². The van der Waals surface area contributed by atoms with Gasteiger partial charge in [0.1, 0.15) is 11.6 Å². The minimum Gasteiger partial charge on any atom is -0.378 e. The van der Waals surface area contributed by atoms with Gasteiger partial charge in [0, 0.05) is 62.8 Å². The summed E-state index contributed by atoms with van der Waals surface area (Å²) in [5.41, 5.74) is 2.50. The summed E-state index contributed by atoms with van der Waals surface area (Å²) in [6, 6.07) is 11.8. The first-order chi connectivity index (χ1) is 16.1. The fraction of sp³-hybridized carbons (Fsp3) is 0.333. The third-order valence-electron chi connectivity index (χ3n) is 6.03. The molecule has 3 aromatic rings. The number of pyridine rings is 2. The minimum atomic E-state index is -0.456. The Balaban J connectivity index is 1.44. The van der Waals surface area contributed by atoms with Crippen molar-refractivity contribution in [2.75, 3.05) is 67.2 Å². The summed E-state index contributed by atoms with van der Waals surface area (Å²) in [5.74, 6) is 0.481. The van der Waals surface area contributed by atoms with Gasteiger partial charge in [-0.25, -0.2) is 18.7 Å². The van der Waals surface area contributed by atoms with Crippen LogP contribution in [0.1, 0.15) is 0 Å². The maximum absolute atomic E-state index is 14.2. The number of ether oxygens (including phenoxy) is 1. The molecule has 0 amide bonds. The topological polar surface area (TPSA) is 44.7 Å². The van der Waals surface area contributed by atoms with Crippen LogP contribution in [0.2, 0.25) is 5.02 Å². The second-order valence-corrected chi connectivity index (χ2v) is 8.49. The van der Waals surface area contributed by atoms with E-state index < -0.39 is 5.82 Å². The lowest BCUT2D eigenvalue weighted by molar-refractivity contribution is 0.122. The molecule has 2 fully saturated rings. The molecule has 0 bridgehead atoms. The molecule has 9 heteroatoms. The largest absolute Gasteiger partial charge is 0.378 e. The smallest absolute Gasteiger partial charge is 0.165 e. The fourth-order valence-electron chi connectivity index (χ4n) is 4.23. The van der Waals surface area contributed by atoms with Crippen LogP contribution in [-0.4, -0.2) is 62.5 Å². The molecule has 4 heterocycles. The van der Waals surface area contributed by atoms with Crippen LogP contribution in [0.4, 0.5) is 26.1 Å². The van der Waals surface area contributed by atoms with Crippen LogP contribution in [0, 0.1) is 11.6 Å². The van der Waals surface area contributed by atoms with Crippen molar-refractivity contribution >= 4 is 28.9 Å². The normalized spacial score (nSPS) is 16.9. The van der Waals surface area contributed by atoms with E-state index in [1.165, 1.54) is 12.1 Å². The van der Waals surface area contributed by atoms with Crippen LogP contribution in [0.25, 0.3) is 11.3 Å². The molecular formula is C24H24ClF2N5O. The van der Waals surface area contributed by atoms with Gasteiger partial charge in [-0.05, 0) is 36.4 Å². The number of hydrogen-bond acceptors (Lipinski definition) is 6. The van der Waals surface area contributed by atoms with Crippen molar-refractivity contribution in [3.63, 3.8) is 0 Å². The Morgan fingerprint density at radius 1 is 0.818 bits per heavy atom. The quantitative estimate of drug-likeness (QED) is 0.567. The van der Waals surface area contributed by atoms with Gasteiger partial charge in [0.2, 0.25) is 0 Å². The average Bonchev–Trinajstić information content (AvgIpc) is 2.86.